The average Bonchev–Trinajstić information content (AvgIpc) is 2.86. The van der Waals surface area contributed by atoms with E-state index in [-0.39, 0.29) is 11.8 Å². The van der Waals surface area contributed by atoms with Crippen LogP contribution in [-0.4, -0.2) is 35.2 Å². The summed E-state index contributed by atoms with van der Waals surface area (Å²) < 4.78 is 37.3. The first-order valence-electron chi connectivity index (χ1n) is 5.89. The zero-order valence-electron chi connectivity index (χ0n) is 9.97. The smallest absolute Gasteiger partial charge is 0.316 e. The van der Waals surface area contributed by atoms with Crippen molar-refractivity contribution >= 4 is 5.91 Å². The maximum Gasteiger partial charge on any atom is 0.406 e. The number of nitrogens with one attached hydrogen (secondary N) is 1. The van der Waals surface area contributed by atoms with Crippen molar-refractivity contribution in [2.45, 2.75) is 51.0 Å². The largest absolute Gasteiger partial charge is 0.406 e. The number of hydrogen-bond acceptors (Lipinski definition) is 2. The summed E-state index contributed by atoms with van der Waals surface area (Å²) in [4.78, 5) is 12.9. The van der Waals surface area contributed by atoms with Gasteiger partial charge >= 0.3 is 6.18 Å². The van der Waals surface area contributed by atoms with Crippen LogP contribution >= 0.6 is 0 Å². The molecular weight excluding hydrogens is 233 g/mol. The fraction of sp³-hybridized carbons (Fsp3) is 0.909. The summed E-state index contributed by atoms with van der Waals surface area (Å²) in [5, 5.41) is 3.07. The minimum atomic E-state index is -4.33. The molecule has 0 bridgehead atoms. The average molecular weight is 250 g/mol. The highest BCUT2D eigenvalue weighted by Crippen LogP contribution is 2.43. The minimum Gasteiger partial charge on any atom is -0.316 e. The molecular formula is C11H17F3N2O. The molecule has 1 aliphatic heterocycles. The van der Waals surface area contributed by atoms with Gasteiger partial charge in [-0.2, -0.15) is 13.2 Å². The highest BCUT2D eigenvalue weighted by Gasteiger charge is 2.60. The lowest BCUT2D eigenvalue weighted by Crippen LogP contribution is -2.43. The van der Waals surface area contributed by atoms with E-state index in [0.29, 0.717) is 19.3 Å². The molecule has 1 amide bonds. The summed E-state index contributed by atoms with van der Waals surface area (Å²) in [5.41, 5.74) is -0.662. The van der Waals surface area contributed by atoms with Gasteiger partial charge in [0.1, 0.15) is 6.54 Å². The highest BCUT2D eigenvalue weighted by molar-refractivity contribution is 5.91. The number of alkyl halides is 3. The maximum atomic E-state index is 12.4. The van der Waals surface area contributed by atoms with Crippen molar-refractivity contribution in [2.24, 2.45) is 5.92 Å². The number of carbonyl (C=O) groups excluding carboxylic acids is 1. The van der Waals surface area contributed by atoms with Gasteiger partial charge in [0.2, 0.25) is 5.91 Å². The van der Waals surface area contributed by atoms with Gasteiger partial charge in [0, 0.05) is 0 Å². The third kappa shape index (κ3) is 2.56. The summed E-state index contributed by atoms with van der Waals surface area (Å²) in [6, 6.07) is 0. The van der Waals surface area contributed by atoms with Gasteiger partial charge in [0.25, 0.3) is 0 Å². The Morgan fingerprint density at radius 3 is 2.47 bits per heavy atom. The molecule has 3 nitrogen and oxygen atoms in total. The van der Waals surface area contributed by atoms with E-state index in [2.05, 4.69) is 5.32 Å². The van der Waals surface area contributed by atoms with E-state index in [9.17, 15) is 18.0 Å². The Bertz CT molecular complexity index is 323. The molecule has 1 unspecified atom stereocenters. The standard InChI is InChI=1S/C11H17F3N2O/c1-7(2)5-8-15-10(3-4-10)9(17)16(8)6-11(12,13)14/h7-8,15H,3-6H2,1-2H3. The van der Waals surface area contributed by atoms with E-state index in [1.54, 1.807) is 0 Å². The predicted octanol–water partition coefficient (Wildman–Crippen LogP) is 1.89. The van der Waals surface area contributed by atoms with Crippen LogP contribution in [0.15, 0.2) is 0 Å². The van der Waals surface area contributed by atoms with Crippen LogP contribution < -0.4 is 5.32 Å². The van der Waals surface area contributed by atoms with Crippen molar-refractivity contribution in [2.75, 3.05) is 6.54 Å². The normalized spacial score (nSPS) is 27.3. The van der Waals surface area contributed by atoms with Crippen LogP contribution in [0.2, 0.25) is 0 Å². The van der Waals surface area contributed by atoms with Crippen LogP contribution in [0.3, 0.4) is 0 Å². The topological polar surface area (TPSA) is 32.3 Å². The molecule has 1 spiro atoms. The lowest BCUT2D eigenvalue weighted by molar-refractivity contribution is -0.162. The Balaban J connectivity index is 2.10. The van der Waals surface area contributed by atoms with Crippen LogP contribution in [0.5, 0.6) is 0 Å². The number of carbonyl (C=O) groups is 1. The van der Waals surface area contributed by atoms with Crippen molar-refractivity contribution in [3.05, 3.63) is 0 Å². The van der Waals surface area contributed by atoms with Crippen molar-refractivity contribution in [1.29, 1.82) is 0 Å². The van der Waals surface area contributed by atoms with Gasteiger partial charge in [0.15, 0.2) is 0 Å². The van der Waals surface area contributed by atoms with Crippen LogP contribution in [-0.2, 0) is 4.79 Å². The zero-order chi connectivity index (χ0) is 12.8. The second kappa shape index (κ2) is 3.86. The molecule has 98 valence electrons. The first-order valence-corrected chi connectivity index (χ1v) is 5.89. The van der Waals surface area contributed by atoms with Gasteiger partial charge in [-0.1, -0.05) is 13.8 Å². The summed E-state index contributed by atoms with van der Waals surface area (Å²) in [6.07, 6.45) is -2.91. The van der Waals surface area contributed by atoms with E-state index < -0.39 is 24.4 Å². The lowest BCUT2D eigenvalue weighted by atomic mass is 10.1. The molecule has 1 heterocycles. The van der Waals surface area contributed by atoms with Crippen LogP contribution in [0.25, 0.3) is 0 Å². The van der Waals surface area contributed by atoms with Crippen LogP contribution in [0.4, 0.5) is 13.2 Å². The summed E-state index contributed by atoms with van der Waals surface area (Å²) in [6.45, 7) is 2.74. The number of halogens is 3. The van der Waals surface area contributed by atoms with Gasteiger partial charge in [-0.3, -0.25) is 10.1 Å². The van der Waals surface area contributed by atoms with Crippen molar-refractivity contribution in [1.82, 2.24) is 10.2 Å². The predicted molar refractivity (Wildman–Crippen MR) is 56.1 cm³/mol. The molecule has 0 radical (unpaired) electrons. The number of rotatable bonds is 3. The summed E-state index contributed by atoms with van der Waals surface area (Å²) >= 11 is 0. The lowest BCUT2D eigenvalue weighted by Gasteiger charge is -2.26. The Morgan fingerprint density at radius 1 is 1.47 bits per heavy atom. The van der Waals surface area contributed by atoms with E-state index in [4.69, 9.17) is 0 Å². The van der Waals surface area contributed by atoms with E-state index in [1.165, 1.54) is 0 Å². The highest BCUT2D eigenvalue weighted by atomic mass is 19.4. The number of hydrogen-bond donors (Lipinski definition) is 1. The Kier molecular flexibility index (Phi) is 2.88. The van der Waals surface area contributed by atoms with Crippen molar-refractivity contribution in [3.8, 4) is 0 Å². The van der Waals surface area contributed by atoms with Gasteiger partial charge in [0.05, 0.1) is 11.7 Å². The molecule has 1 saturated carbocycles. The van der Waals surface area contributed by atoms with Crippen LogP contribution in [0.1, 0.15) is 33.1 Å². The van der Waals surface area contributed by atoms with Gasteiger partial charge < -0.3 is 4.90 Å². The quantitative estimate of drug-likeness (QED) is 0.829. The minimum absolute atomic E-state index is 0.255. The fourth-order valence-electron chi connectivity index (χ4n) is 2.37. The van der Waals surface area contributed by atoms with Crippen molar-refractivity contribution < 1.29 is 18.0 Å². The van der Waals surface area contributed by atoms with Crippen molar-refractivity contribution in [3.63, 3.8) is 0 Å². The molecule has 0 aromatic carbocycles. The molecule has 1 aliphatic carbocycles. The molecule has 1 atom stereocenters. The molecule has 6 heteroatoms. The molecule has 2 aliphatic rings. The molecule has 0 aromatic heterocycles. The monoisotopic (exact) mass is 250 g/mol. The van der Waals surface area contributed by atoms with E-state index >= 15 is 0 Å². The zero-order valence-corrected chi connectivity index (χ0v) is 9.97. The van der Waals surface area contributed by atoms with Crippen LogP contribution in [0, 0.1) is 5.92 Å². The SMILES string of the molecule is CC(C)CC1NC2(CC2)C(=O)N1CC(F)(F)F. The second-order valence-corrected chi connectivity index (χ2v) is 5.42. The number of nitrogens with zero attached hydrogens (tertiary/aromatic N) is 1. The first kappa shape index (κ1) is 12.7. The Morgan fingerprint density at radius 2 is 2.06 bits per heavy atom. The van der Waals surface area contributed by atoms with Gasteiger partial charge in [-0.15, -0.1) is 0 Å². The third-order valence-electron chi connectivity index (χ3n) is 3.28. The first-order chi connectivity index (χ1) is 7.73. The summed E-state index contributed by atoms with van der Waals surface area (Å²) in [7, 11) is 0. The van der Waals surface area contributed by atoms with Gasteiger partial charge in [-0.05, 0) is 25.2 Å². The second-order valence-electron chi connectivity index (χ2n) is 5.42. The maximum absolute atomic E-state index is 12.4. The molecule has 2 rings (SSSR count). The molecule has 1 N–H and O–H groups in total. The molecule has 1 saturated heterocycles. The van der Waals surface area contributed by atoms with E-state index in [1.807, 2.05) is 13.8 Å². The molecule has 2 fully saturated rings. The fourth-order valence-corrected chi connectivity index (χ4v) is 2.37. The summed E-state index contributed by atoms with van der Waals surface area (Å²) in [5.74, 6) is -0.120. The molecule has 0 aromatic rings. The molecule has 17 heavy (non-hydrogen) atoms. The Labute approximate surface area is 98.3 Å². The third-order valence-corrected chi connectivity index (χ3v) is 3.28. The van der Waals surface area contributed by atoms with Gasteiger partial charge in [-0.25, -0.2) is 0 Å². The van der Waals surface area contributed by atoms with E-state index in [0.717, 1.165) is 4.90 Å². The Hall–Kier alpha value is -0.780. The number of amides is 1.